The summed E-state index contributed by atoms with van der Waals surface area (Å²) in [6.07, 6.45) is 3.01. The van der Waals surface area contributed by atoms with Gasteiger partial charge < -0.3 is 5.32 Å². The summed E-state index contributed by atoms with van der Waals surface area (Å²) in [6, 6.07) is 15.7. The van der Waals surface area contributed by atoms with Gasteiger partial charge in [-0.15, -0.1) is 11.3 Å². The highest BCUT2D eigenvalue weighted by molar-refractivity contribution is 7.80. The quantitative estimate of drug-likeness (QED) is 0.587. The molecule has 4 rings (SSSR count). The molecule has 0 fully saturated rings. The van der Waals surface area contributed by atoms with Crippen LogP contribution >= 0.6 is 23.6 Å². The van der Waals surface area contributed by atoms with Crippen molar-refractivity contribution >= 4 is 50.3 Å². The minimum atomic E-state index is -0.261. The number of anilines is 1. The van der Waals surface area contributed by atoms with E-state index in [9.17, 15) is 10.1 Å². The number of nitrogens with zero attached hydrogens (tertiary/aromatic N) is 1. The Labute approximate surface area is 173 Å². The largest absolute Gasteiger partial charge is 0.323 e. The highest BCUT2D eigenvalue weighted by Gasteiger charge is 2.24. The normalized spacial score (nSPS) is 15.5. The fourth-order valence-corrected chi connectivity index (χ4v) is 5.31. The van der Waals surface area contributed by atoms with Crippen molar-refractivity contribution in [1.82, 2.24) is 5.32 Å². The van der Waals surface area contributed by atoms with Gasteiger partial charge in [-0.25, -0.2) is 0 Å². The SMILES string of the molecule is CC1CCc2c(sc(NC(=S)NC(=O)c3cccc4ccccc34)c2C#N)C1. The molecule has 0 saturated heterocycles. The van der Waals surface area contributed by atoms with Crippen LogP contribution < -0.4 is 10.6 Å². The Bertz CT molecular complexity index is 1120. The van der Waals surface area contributed by atoms with Crippen LogP contribution in [-0.4, -0.2) is 11.0 Å². The molecule has 3 aromatic rings. The van der Waals surface area contributed by atoms with Crippen LogP contribution in [0.2, 0.25) is 0 Å². The predicted octanol–water partition coefficient (Wildman–Crippen LogP) is 5.02. The summed E-state index contributed by atoms with van der Waals surface area (Å²) >= 11 is 6.93. The minimum Gasteiger partial charge on any atom is -0.323 e. The fraction of sp³-hybridized carbons (Fsp3) is 0.227. The highest BCUT2D eigenvalue weighted by atomic mass is 32.1. The number of amides is 1. The van der Waals surface area contributed by atoms with Crippen molar-refractivity contribution in [2.75, 3.05) is 5.32 Å². The number of carbonyl (C=O) groups is 1. The molecule has 140 valence electrons. The van der Waals surface area contributed by atoms with Gasteiger partial charge in [0.1, 0.15) is 11.1 Å². The van der Waals surface area contributed by atoms with E-state index in [-0.39, 0.29) is 11.0 Å². The van der Waals surface area contributed by atoms with Crippen molar-refractivity contribution in [3.8, 4) is 6.07 Å². The van der Waals surface area contributed by atoms with E-state index in [1.165, 1.54) is 4.88 Å². The van der Waals surface area contributed by atoms with E-state index in [1.807, 2.05) is 36.4 Å². The monoisotopic (exact) mass is 405 g/mol. The molecule has 0 spiro atoms. The van der Waals surface area contributed by atoms with Gasteiger partial charge in [0.25, 0.3) is 5.91 Å². The van der Waals surface area contributed by atoms with Crippen LogP contribution in [0.3, 0.4) is 0 Å². The number of nitriles is 1. The molecule has 1 unspecified atom stereocenters. The first-order chi connectivity index (χ1) is 13.6. The Morgan fingerprint density at radius 3 is 2.86 bits per heavy atom. The predicted molar refractivity (Wildman–Crippen MR) is 118 cm³/mol. The van der Waals surface area contributed by atoms with Gasteiger partial charge in [-0.1, -0.05) is 43.3 Å². The van der Waals surface area contributed by atoms with Gasteiger partial charge in [0.2, 0.25) is 0 Å². The van der Waals surface area contributed by atoms with E-state index in [0.717, 1.165) is 40.6 Å². The standard InChI is InChI=1S/C22H19N3OS2/c1-13-9-10-16-18(12-23)21(28-19(16)11-13)25-22(27)24-20(26)17-8-4-6-14-5-2-3-7-15(14)17/h2-8,13H,9-11H2,1H3,(H2,24,25,26,27). The third kappa shape index (κ3) is 3.51. The van der Waals surface area contributed by atoms with Crippen LogP contribution in [0.15, 0.2) is 42.5 Å². The number of benzene rings is 2. The van der Waals surface area contributed by atoms with E-state index in [4.69, 9.17) is 12.2 Å². The van der Waals surface area contributed by atoms with E-state index < -0.39 is 0 Å². The van der Waals surface area contributed by atoms with Crippen LogP contribution in [0.25, 0.3) is 10.8 Å². The summed E-state index contributed by atoms with van der Waals surface area (Å²) in [5.74, 6) is 0.367. The molecule has 2 N–H and O–H groups in total. The topological polar surface area (TPSA) is 64.9 Å². The number of thiocarbonyl (C=S) groups is 1. The molecule has 1 amide bonds. The second-order valence-corrected chi connectivity index (χ2v) is 8.62. The number of fused-ring (bicyclic) bond motifs is 2. The number of hydrogen-bond donors (Lipinski definition) is 2. The number of carbonyl (C=O) groups excluding carboxylic acids is 1. The van der Waals surface area contributed by atoms with Gasteiger partial charge in [-0.05, 0) is 59.8 Å². The molecule has 1 aromatic heterocycles. The lowest BCUT2D eigenvalue weighted by atomic mass is 9.89. The van der Waals surface area contributed by atoms with Crippen LogP contribution in [0, 0.1) is 17.2 Å². The van der Waals surface area contributed by atoms with E-state index in [1.54, 1.807) is 17.4 Å². The maximum atomic E-state index is 12.8. The summed E-state index contributed by atoms with van der Waals surface area (Å²) in [5, 5.41) is 18.3. The van der Waals surface area contributed by atoms with E-state index in [0.29, 0.717) is 17.0 Å². The maximum absolute atomic E-state index is 12.8. The molecule has 4 nitrogen and oxygen atoms in total. The number of rotatable bonds is 2. The summed E-state index contributed by atoms with van der Waals surface area (Å²) < 4.78 is 0. The van der Waals surface area contributed by atoms with Crippen LogP contribution in [-0.2, 0) is 12.8 Å². The average Bonchev–Trinajstić information content (AvgIpc) is 3.03. The molecule has 28 heavy (non-hydrogen) atoms. The Kier molecular flexibility index (Phi) is 5.12. The van der Waals surface area contributed by atoms with Gasteiger partial charge in [-0.2, -0.15) is 5.26 Å². The van der Waals surface area contributed by atoms with Crippen LogP contribution in [0.1, 0.15) is 39.7 Å². The second kappa shape index (κ2) is 7.70. The molecule has 0 aliphatic heterocycles. The van der Waals surface area contributed by atoms with E-state index >= 15 is 0 Å². The number of hydrogen-bond acceptors (Lipinski definition) is 4. The Balaban J connectivity index is 1.54. The van der Waals surface area contributed by atoms with Gasteiger partial charge in [0, 0.05) is 10.4 Å². The lowest BCUT2D eigenvalue weighted by molar-refractivity contribution is 0.0979. The zero-order valence-electron chi connectivity index (χ0n) is 15.4. The second-order valence-electron chi connectivity index (χ2n) is 7.10. The van der Waals surface area contributed by atoms with E-state index in [2.05, 4.69) is 23.6 Å². The van der Waals surface area contributed by atoms with Crippen molar-refractivity contribution in [2.45, 2.75) is 26.2 Å². The third-order valence-corrected chi connectivity index (χ3v) is 6.49. The maximum Gasteiger partial charge on any atom is 0.258 e. The molecule has 0 bridgehead atoms. The Hall–Kier alpha value is -2.75. The Morgan fingerprint density at radius 1 is 1.25 bits per heavy atom. The highest BCUT2D eigenvalue weighted by Crippen LogP contribution is 2.39. The Morgan fingerprint density at radius 2 is 2.04 bits per heavy atom. The third-order valence-electron chi connectivity index (χ3n) is 5.11. The first kappa shape index (κ1) is 18.6. The van der Waals surface area contributed by atoms with Crippen molar-refractivity contribution in [1.29, 1.82) is 5.26 Å². The molecule has 0 saturated carbocycles. The lowest BCUT2D eigenvalue weighted by Gasteiger charge is -2.17. The molecule has 1 heterocycles. The van der Waals surface area contributed by atoms with Crippen molar-refractivity contribution in [3.63, 3.8) is 0 Å². The van der Waals surface area contributed by atoms with Crippen molar-refractivity contribution in [3.05, 3.63) is 64.0 Å². The van der Waals surface area contributed by atoms with Gasteiger partial charge in [-0.3, -0.25) is 10.1 Å². The molecule has 2 aromatic carbocycles. The van der Waals surface area contributed by atoms with Crippen molar-refractivity contribution in [2.24, 2.45) is 5.92 Å². The summed E-state index contributed by atoms with van der Waals surface area (Å²) in [6.45, 7) is 2.23. The van der Waals surface area contributed by atoms with Crippen LogP contribution in [0.5, 0.6) is 0 Å². The number of thiophene rings is 1. The molecule has 6 heteroatoms. The smallest absolute Gasteiger partial charge is 0.258 e. The summed E-state index contributed by atoms with van der Waals surface area (Å²) in [4.78, 5) is 14.0. The van der Waals surface area contributed by atoms with Crippen LogP contribution in [0.4, 0.5) is 5.00 Å². The molecule has 0 radical (unpaired) electrons. The van der Waals surface area contributed by atoms with Gasteiger partial charge in [0.05, 0.1) is 5.56 Å². The first-order valence-corrected chi connectivity index (χ1v) is 10.4. The zero-order valence-corrected chi connectivity index (χ0v) is 17.0. The van der Waals surface area contributed by atoms with Crippen molar-refractivity contribution < 1.29 is 4.79 Å². The van der Waals surface area contributed by atoms with Gasteiger partial charge in [0.15, 0.2) is 5.11 Å². The minimum absolute atomic E-state index is 0.209. The first-order valence-electron chi connectivity index (χ1n) is 9.21. The lowest BCUT2D eigenvalue weighted by Crippen LogP contribution is -2.34. The zero-order chi connectivity index (χ0) is 19.7. The molecular formula is C22H19N3OS2. The molecular weight excluding hydrogens is 386 g/mol. The fourth-order valence-electron chi connectivity index (χ4n) is 3.69. The van der Waals surface area contributed by atoms with Gasteiger partial charge >= 0.3 is 0 Å². The molecule has 1 atom stereocenters. The number of nitrogens with one attached hydrogen (secondary N) is 2. The molecule has 1 aliphatic rings. The average molecular weight is 406 g/mol. The molecule has 1 aliphatic carbocycles. The summed E-state index contributed by atoms with van der Waals surface area (Å²) in [7, 11) is 0. The summed E-state index contributed by atoms with van der Waals surface area (Å²) in [5.41, 5.74) is 2.37.